The van der Waals surface area contributed by atoms with Crippen molar-refractivity contribution >= 4 is 12.0 Å². The lowest BCUT2D eigenvalue weighted by molar-refractivity contribution is -0.136. The highest BCUT2D eigenvalue weighted by Gasteiger charge is 2.14. The van der Waals surface area contributed by atoms with E-state index < -0.39 is 5.97 Å². The number of urea groups is 1. The topological polar surface area (TPSA) is 90.5 Å². The summed E-state index contributed by atoms with van der Waals surface area (Å²) in [6.45, 7) is 1.08. The minimum atomic E-state index is -0.911. The van der Waals surface area contributed by atoms with E-state index in [-0.39, 0.29) is 25.2 Å². The van der Waals surface area contributed by atoms with Gasteiger partial charge < -0.3 is 15.7 Å². The van der Waals surface area contributed by atoms with Crippen LogP contribution in [0, 0.1) is 0 Å². The molecule has 0 radical (unpaired) electrons. The molecule has 0 aromatic carbocycles. The number of hydrogen-bond donors (Lipinski definition) is 4. The van der Waals surface area contributed by atoms with Gasteiger partial charge in [0.15, 0.2) is 0 Å². The van der Waals surface area contributed by atoms with E-state index in [1.807, 2.05) is 0 Å². The average molecular weight is 215 g/mol. The predicted molar refractivity (Wildman–Crippen MR) is 54.4 cm³/mol. The number of piperidine rings is 1. The van der Waals surface area contributed by atoms with E-state index in [0.717, 1.165) is 25.8 Å². The van der Waals surface area contributed by atoms with Crippen LogP contribution in [-0.4, -0.2) is 36.4 Å². The number of amides is 2. The van der Waals surface area contributed by atoms with Crippen LogP contribution in [0.4, 0.5) is 4.79 Å². The number of carbonyl (C=O) groups is 2. The molecule has 86 valence electrons. The molecule has 1 rings (SSSR count). The van der Waals surface area contributed by atoms with Crippen LogP contribution in [0.1, 0.15) is 25.7 Å². The maximum atomic E-state index is 11.2. The highest BCUT2D eigenvalue weighted by atomic mass is 16.4. The van der Waals surface area contributed by atoms with Crippen molar-refractivity contribution in [2.24, 2.45) is 0 Å². The summed E-state index contributed by atoms with van der Waals surface area (Å²) >= 11 is 0. The minimum absolute atomic E-state index is 0.0172. The summed E-state index contributed by atoms with van der Waals surface area (Å²) in [6.07, 6.45) is 3.13. The molecule has 0 saturated carbocycles. The molecule has 1 saturated heterocycles. The fourth-order valence-electron chi connectivity index (χ4n) is 1.47. The molecule has 0 aromatic heterocycles. The fraction of sp³-hybridized carbons (Fsp3) is 0.778. The molecule has 0 spiro atoms. The Kier molecular flexibility index (Phi) is 4.89. The summed E-state index contributed by atoms with van der Waals surface area (Å²) in [5, 5.41) is 16.8. The van der Waals surface area contributed by atoms with Gasteiger partial charge >= 0.3 is 12.0 Å². The number of nitrogens with one attached hydrogen (secondary N) is 3. The Bertz CT molecular complexity index is 227. The lowest BCUT2D eigenvalue weighted by Gasteiger charge is -2.24. The van der Waals surface area contributed by atoms with Gasteiger partial charge in [-0.1, -0.05) is 0 Å². The maximum Gasteiger partial charge on any atom is 0.316 e. The zero-order valence-corrected chi connectivity index (χ0v) is 8.58. The first kappa shape index (κ1) is 11.8. The van der Waals surface area contributed by atoms with Crippen LogP contribution < -0.4 is 16.0 Å². The van der Waals surface area contributed by atoms with Crippen molar-refractivity contribution in [1.82, 2.24) is 16.0 Å². The molecule has 6 nitrogen and oxygen atoms in total. The molecule has 1 aliphatic rings. The highest BCUT2D eigenvalue weighted by molar-refractivity contribution is 5.75. The van der Waals surface area contributed by atoms with Crippen LogP contribution in [0.5, 0.6) is 0 Å². The summed E-state index contributed by atoms with van der Waals surface area (Å²) in [5.41, 5.74) is 0. The summed E-state index contributed by atoms with van der Waals surface area (Å²) in [4.78, 5) is 21.4. The molecule has 0 aromatic rings. The van der Waals surface area contributed by atoms with Gasteiger partial charge in [0.05, 0.1) is 12.6 Å². The van der Waals surface area contributed by atoms with Crippen molar-refractivity contribution in [3.05, 3.63) is 0 Å². The molecular formula is C9H17N3O3. The lowest BCUT2D eigenvalue weighted by atomic mass is 10.1. The third-order valence-electron chi connectivity index (χ3n) is 2.24. The van der Waals surface area contributed by atoms with Gasteiger partial charge in [-0.05, 0) is 25.8 Å². The molecule has 1 atom stereocenters. The van der Waals surface area contributed by atoms with Crippen molar-refractivity contribution in [2.75, 3.05) is 13.1 Å². The first-order valence-corrected chi connectivity index (χ1v) is 5.18. The van der Waals surface area contributed by atoms with Crippen molar-refractivity contribution in [3.63, 3.8) is 0 Å². The Morgan fingerprint density at radius 2 is 2.20 bits per heavy atom. The molecule has 1 aliphatic heterocycles. The number of carbonyl (C=O) groups excluding carboxylic acids is 1. The summed E-state index contributed by atoms with van der Waals surface area (Å²) in [7, 11) is 0. The highest BCUT2D eigenvalue weighted by Crippen LogP contribution is 2.03. The maximum absolute atomic E-state index is 11.2. The van der Waals surface area contributed by atoms with Crippen LogP contribution >= 0.6 is 0 Å². The molecule has 1 unspecified atom stereocenters. The van der Waals surface area contributed by atoms with Crippen LogP contribution in [0.25, 0.3) is 0 Å². The van der Waals surface area contributed by atoms with Gasteiger partial charge in [-0.25, -0.2) is 4.79 Å². The number of hydrogen-bond acceptors (Lipinski definition) is 3. The van der Waals surface area contributed by atoms with Crippen LogP contribution in [0.3, 0.4) is 0 Å². The molecule has 0 bridgehead atoms. The van der Waals surface area contributed by atoms with Crippen molar-refractivity contribution in [1.29, 1.82) is 0 Å². The SMILES string of the molecule is O=C(O)CCNC(=O)NC1CCCCN1. The molecule has 15 heavy (non-hydrogen) atoms. The first-order valence-electron chi connectivity index (χ1n) is 5.18. The van der Waals surface area contributed by atoms with Crippen molar-refractivity contribution in [2.45, 2.75) is 31.8 Å². The number of carboxylic acids is 1. The zero-order chi connectivity index (χ0) is 11.1. The van der Waals surface area contributed by atoms with E-state index in [1.165, 1.54) is 0 Å². The van der Waals surface area contributed by atoms with E-state index in [0.29, 0.717) is 0 Å². The normalized spacial score (nSPS) is 20.7. The minimum Gasteiger partial charge on any atom is -0.481 e. The smallest absolute Gasteiger partial charge is 0.316 e. The third-order valence-corrected chi connectivity index (χ3v) is 2.24. The molecule has 6 heteroatoms. The van der Waals surface area contributed by atoms with Crippen LogP contribution in [0.2, 0.25) is 0 Å². The third kappa shape index (κ3) is 5.21. The molecule has 0 aliphatic carbocycles. The Hall–Kier alpha value is -1.30. The monoisotopic (exact) mass is 215 g/mol. The second kappa shape index (κ2) is 6.23. The van der Waals surface area contributed by atoms with Crippen molar-refractivity contribution < 1.29 is 14.7 Å². The van der Waals surface area contributed by atoms with Gasteiger partial charge in [-0.15, -0.1) is 0 Å². The number of rotatable bonds is 4. The van der Waals surface area contributed by atoms with Gasteiger partial charge in [-0.2, -0.15) is 0 Å². The summed E-state index contributed by atoms with van der Waals surface area (Å²) in [5.74, 6) is -0.911. The second-order valence-electron chi connectivity index (χ2n) is 3.55. The summed E-state index contributed by atoms with van der Waals surface area (Å²) in [6, 6.07) is -0.310. The quantitative estimate of drug-likeness (QED) is 0.525. The lowest BCUT2D eigenvalue weighted by Crippen LogP contribution is -2.51. The molecular weight excluding hydrogens is 198 g/mol. The van der Waals surface area contributed by atoms with Gasteiger partial charge in [0.2, 0.25) is 0 Å². The van der Waals surface area contributed by atoms with Crippen LogP contribution in [0.15, 0.2) is 0 Å². The Balaban J connectivity index is 2.09. The summed E-state index contributed by atoms with van der Waals surface area (Å²) < 4.78 is 0. The zero-order valence-electron chi connectivity index (χ0n) is 8.58. The standard InChI is InChI=1S/C9H17N3O3/c13-8(14)4-6-11-9(15)12-7-3-1-2-5-10-7/h7,10H,1-6H2,(H,13,14)(H2,11,12,15). The Morgan fingerprint density at radius 3 is 2.80 bits per heavy atom. The van der Waals surface area contributed by atoms with E-state index in [4.69, 9.17) is 5.11 Å². The fourth-order valence-corrected chi connectivity index (χ4v) is 1.47. The largest absolute Gasteiger partial charge is 0.481 e. The second-order valence-corrected chi connectivity index (χ2v) is 3.55. The molecule has 2 amide bonds. The van der Waals surface area contributed by atoms with Crippen molar-refractivity contribution in [3.8, 4) is 0 Å². The van der Waals surface area contributed by atoms with Gasteiger partial charge in [-0.3, -0.25) is 10.1 Å². The molecule has 4 N–H and O–H groups in total. The van der Waals surface area contributed by atoms with Crippen LogP contribution in [-0.2, 0) is 4.79 Å². The molecule has 1 fully saturated rings. The van der Waals surface area contributed by atoms with E-state index >= 15 is 0 Å². The molecule has 1 heterocycles. The predicted octanol–water partition coefficient (Wildman–Crippen LogP) is -0.140. The Labute approximate surface area is 88.4 Å². The first-order chi connectivity index (χ1) is 7.18. The van der Waals surface area contributed by atoms with E-state index in [1.54, 1.807) is 0 Å². The van der Waals surface area contributed by atoms with E-state index in [9.17, 15) is 9.59 Å². The van der Waals surface area contributed by atoms with E-state index in [2.05, 4.69) is 16.0 Å². The average Bonchev–Trinajstić information content (AvgIpc) is 2.18. The number of carboxylic acid groups (broad SMARTS) is 1. The van der Waals surface area contributed by atoms with Gasteiger partial charge in [0, 0.05) is 6.54 Å². The van der Waals surface area contributed by atoms with Gasteiger partial charge in [0.1, 0.15) is 0 Å². The Morgan fingerprint density at radius 1 is 1.40 bits per heavy atom. The number of aliphatic carboxylic acids is 1. The van der Waals surface area contributed by atoms with Gasteiger partial charge in [0.25, 0.3) is 0 Å².